The monoisotopic (exact) mass is 378 g/mol. The first-order valence-electron chi connectivity index (χ1n) is 10.1. The van der Waals surface area contributed by atoms with Gasteiger partial charge in [0.15, 0.2) is 0 Å². The summed E-state index contributed by atoms with van der Waals surface area (Å²) in [6.45, 7) is 2.59. The quantitative estimate of drug-likeness (QED) is 0.773. The second-order valence-corrected chi connectivity index (χ2v) is 9.93. The number of sulfonamides is 1. The lowest BCUT2D eigenvalue weighted by atomic mass is 9.91. The molecule has 0 amide bonds. The first-order valence-corrected chi connectivity index (χ1v) is 11.7. The van der Waals surface area contributed by atoms with E-state index < -0.39 is 10.0 Å². The molecule has 0 radical (unpaired) electrons. The van der Waals surface area contributed by atoms with Crippen molar-refractivity contribution in [2.45, 2.75) is 63.5 Å². The summed E-state index contributed by atoms with van der Waals surface area (Å²) in [5.41, 5.74) is 2.75. The Bertz CT molecular complexity index is 727. The van der Waals surface area contributed by atoms with Crippen LogP contribution in [0.2, 0.25) is 0 Å². The Labute approximate surface area is 157 Å². The third kappa shape index (κ3) is 4.07. The largest absolute Gasteiger partial charge is 0.493 e. The summed E-state index contributed by atoms with van der Waals surface area (Å²) in [6, 6.07) is 7.38. The molecule has 6 heteroatoms. The van der Waals surface area contributed by atoms with Crippen molar-refractivity contribution in [3.63, 3.8) is 0 Å². The molecule has 144 valence electrons. The van der Waals surface area contributed by atoms with Gasteiger partial charge in [0.05, 0.1) is 12.4 Å². The number of hydrogen-bond acceptors (Lipinski definition) is 4. The lowest BCUT2D eigenvalue weighted by Crippen LogP contribution is -2.43. The number of hydrogen-bond donors (Lipinski definition) is 1. The van der Waals surface area contributed by atoms with Gasteiger partial charge in [0.1, 0.15) is 5.75 Å². The van der Waals surface area contributed by atoms with E-state index >= 15 is 0 Å². The smallest absolute Gasteiger partial charge is 0.214 e. The molecule has 1 saturated heterocycles. The van der Waals surface area contributed by atoms with Crippen LogP contribution < -0.4 is 10.1 Å². The molecule has 0 atom stereocenters. The van der Waals surface area contributed by atoms with Crippen LogP contribution in [0.4, 0.5) is 0 Å². The van der Waals surface area contributed by atoms with Gasteiger partial charge in [-0.05, 0) is 68.7 Å². The van der Waals surface area contributed by atoms with E-state index in [0.29, 0.717) is 11.8 Å². The Morgan fingerprint density at radius 1 is 1.19 bits per heavy atom. The Kier molecular flexibility index (Phi) is 5.53. The van der Waals surface area contributed by atoms with Gasteiger partial charge in [0, 0.05) is 25.0 Å². The van der Waals surface area contributed by atoms with Crippen molar-refractivity contribution in [2.75, 3.05) is 25.4 Å². The Balaban J connectivity index is 1.16. The van der Waals surface area contributed by atoms with Crippen molar-refractivity contribution >= 4 is 10.0 Å². The second-order valence-electron chi connectivity index (χ2n) is 7.88. The molecule has 0 bridgehead atoms. The zero-order valence-corrected chi connectivity index (χ0v) is 16.3. The van der Waals surface area contributed by atoms with Crippen LogP contribution in [0.5, 0.6) is 5.75 Å². The SMILES string of the molecule is O=S1(=O)CCCN1C1CCC(NCCCc2ccc3c(c2)CCO3)CC1. The number of ether oxygens (including phenoxy) is 1. The number of benzene rings is 1. The number of nitrogens with zero attached hydrogens (tertiary/aromatic N) is 1. The van der Waals surface area contributed by atoms with Gasteiger partial charge in [0.2, 0.25) is 10.0 Å². The fourth-order valence-electron chi connectivity index (χ4n) is 4.63. The number of rotatable bonds is 6. The van der Waals surface area contributed by atoms with E-state index in [4.69, 9.17) is 4.74 Å². The lowest BCUT2D eigenvalue weighted by Gasteiger charge is -2.34. The Morgan fingerprint density at radius 3 is 2.81 bits per heavy atom. The zero-order chi connectivity index (χ0) is 18.0. The summed E-state index contributed by atoms with van der Waals surface area (Å²) in [7, 11) is -2.96. The average Bonchev–Trinajstić information content (AvgIpc) is 3.24. The summed E-state index contributed by atoms with van der Waals surface area (Å²) in [5.74, 6) is 1.41. The van der Waals surface area contributed by atoms with Gasteiger partial charge in [-0.15, -0.1) is 0 Å². The molecular formula is C20H30N2O3S. The lowest BCUT2D eigenvalue weighted by molar-refractivity contribution is 0.236. The second kappa shape index (κ2) is 7.87. The van der Waals surface area contributed by atoms with E-state index in [1.165, 1.54) is 11.1 Å². The molecule has 1 saturated carbocycles. The first kappa shape index (κ1) is 18.3. The Hall–Kier alpha value is -1.11. The van der Waals surface area contributed by atoms with E-state index in [1.54, 1.807) is 4.31 Å². The average molecular weight is 379 g/mol. The topological polar surface area (TPSA) is 58.6 Å². The summed E-state index contributed by atoms with van der Waals surface area (Å²) in [4.78, 5) is 0. The zero-order valence-electron chi connectivity index (χ0n) is 15.5. The minimum atomic E-state index is -2.96. The van der Waals surface area contributed by atoms with Gasteiger partial charge in [0.25, 0.3) is 0 Å². The fraction of sp³-hybridized carbons (Fsp3) is 0.700. The maximum absolute atomic E-state index is 12.1. The van der Waals surface area contributed by atoms with Crippen LogP contribution >= 0.6 is 0 Å². The van der Waals surface area contributed by atoms with Crippen LogP contribution in [0.15, 0.2) is 18.2 Å². The summed E-state index contributed by atoms with van der Waals surface area (Å²) in [6.07, 6.45) is 8.26. The van der Waals surface area contributed by atoms with Crippen LogP contribution in [0.3, 0.4) is 0 Å². The molecule has 2 fully saturated rings. The maximum atomic E-state index is 12.1. The molecule has 26 heavy (non-hydrogen) atoms. The van der Waals surface area contributed by atoms with Crippen LogP contribution in [-0.2, 0) is 22.9 Å². The van der Waals surface area contributed by atoms with Gasteiger partial charge >= 0.3 is 0 Å². The molecule has 1 N–H and O–H groups in total. The van der Waals surface area contributed by atoms with Crippen molar-refractivity contribution in [3.8, 4) is 5.75 Å². The molecule has 0 spiro atoms. The first-order chi connectivity index (χ1) is 12.6. The van der Waals surface area contributed by atoms with Gasteiger partial charge in [-0.3, -0.25) is 0 Å². The predicted molar refractivity (Wildman–Crippen MR) is 103 cm³/mol. The van der Waals surface area contributed by atoms with Crippen LogP contribution in [0.25, 0.3) is 0 Å². The maximum Gasteiger partial charge on any atom is 0.214 e. The highest BCUT2D eigenvalue weighted by Gasteiger charge is 2.36. The normalized spacial score (nSPS) is 28.0. The number of fused-ring (bicyclic) bond motifs is 1. The van der Waals surface area contributed by atoms with Crippen molar-refractivity contribution in [1.82, 2.24) is 9.62 Å². The van der Waals surface area contributed by atoms with Crippen molar-refractivity contribution in [1.29, 1.82) is 0 Å². The molecule has 2 heterocycles. The molecule has 0 aromatic heterocycles. The van der Waals surface area contributed by atoms with Gasteiger partial charge < -0.3 is 10.1 Å². The third-order valence-corrected chi connectivity index (χ3v) is 8.07. The van der Waals surface area contributed by atoms with Crippen LogP contribution in [0.1, 0.15) is 49.7 Å². The van der Waals surface area contributed by atoms with E-state index in [1.807, 2.05) is 0 Å². The number of aryl methyl sites for hydroxylation is 1. The Morgan fingerprint density at radius 2 is 2.04 bits per heavy atom. The molecule has 4 rings (SSSR count). The standard InChI is InChI=1S/C20H30N2O3S/c23-26(24)14-2-12-22(26)19-7-5-18(6-8-19)21-11-1-3-16-4-9-20-17(15-16)10-13-25-20/h4,9,15,18-19,21H,1-3,5-8,10-14H2. The molecule has 5 nitrogen and oxygen atoms in total. The summed E-state index contributed by atoms with van der Waals surface area (Å²) in [5, 5.41) is 3.68. The van der Waals surface area contributed by atoms with Crippen molar-refractivity contribution < 1.29 is 13.2 Å². The number of nitrogens with one attached hydrogen (secondary N) is 1. The van der Waals surface area contributed by atoms with E-state index in [-0.39, 0.29) is 6.04 Å². The van der Waals surface area contributed by atoms with Crippen molar-refractivity contribution in [2.24, 2.45) is 0 Å². The third-order valence-electron chi connectivity index (χ3n) is 6.07. The fourth-order valence-corrected chi connectivity index (χ4v) is 6.43. The minimum Gasteiger partial charge on any atom is -0.493 e. The van der Waals surface area contributed by atoms with Gasteiger partial charge in [-0.2, -0.15) is 4.31 Å². The molecule has 1 aliphatic carbocycles. The minimum absolute atomic E-state index is 0.245. The van der Waals surface area contributed by atoms with Crippen LogP contribution in [-0.4, -0.2) is 50.3 Å². The van der Waals surface area contributed by atoms with Crippen molar-refractivity contribution in [3.05, 3.63) is 29.3 Å². The van der Waals surface area contributed by atoms with E-state index in [9.17, 15) is 8.42 Å². The summed E-state index contributed by atoms with van der Waals surface area (Å²) >= 11 is 0. The molecule has 1 aromatic carbocycles. The van der Waals surface area contributed by atoms with E-state index in [2.05, 4.69) is 23.5 Å². The summed E-state index contributed by atoms with van der Waals surface area (Å²) < 4.78 is 31.5. The molecule has 0 unspecified atom stereocenters. The molecular weight excluding hydrogens is 348 g/mol. The molecule has 2 aliphatic heterocycles. The van der Waals surface area contributed by atoms with Crippen LogP contribution in [0, 0.1) is 0 Å². The van der Waals surface area contributed by atoms with E-state index in [0.717, 1.165) is 76.8 Å². The molecule has 3 aliphatic rings. The molecule has 1 aromatic rings. The predicted octanol–water partition coefficient (Wildman–Crippen LogP) is 2.49. The highest BCUT2D eigenvalue weighted by atomic mass is 32.2. The van der Waals surface area contributed by atoms with Gasteiger partial charge in [-0.25, -0.2) is 8.42 Å². The highest BCUT2D eigenvalue weighted by molar-refractivity contribution is 7.89. The van der Waals surface area contributed by atoms with Gasteiger partial charge in [-0.1, -0.05) is 12.1 Å². The highest BCUT2D eigenvalue weighted by Crippen LogP contribution is 2.29.